The number of piperidine rings is 1. The Bertz CT molecular complexity index is 780. The number of unbranched alkanes of at least 4 members (excludes halogenated alkanes) is 2. The van der Waals surface area contributed by atoms with Crippen LogP contribution in [0, 0.1) is 0 Å². The Labute approximate surface area is 188 Å². The van der Waals surface area contributed by atoms with Gasteiger partial charge in [0, 0.05) is 32.2 Å². The number of carbonyl (C=O) groups is 2. The van der Waals surface area contributed by atoms with Crippen LogP contribution in [0.1, 0.15) is 56.9 Å². The molecule has 1 N–H and O–H groups in total. The van der Waals surface area contributed by atoms with Gasteiger partial charge in [-0.25, -0.2) is 0 Å². The lowest BCUT2D eigenvalue weighted by molar-refractivity contribution is -0.135. The molecule has 2 aliphatic rings. The average Bonchev–Trinajstić information content (AvgIpc) is 3.02. The molecule has 5 nitrogen and oxygen atoms in total. The molecule has 0 saturated carbocycles. The molecule has 2 saturated heterocycles. The predicted octanol–water partition coefficient (Wildman–Crippen LogP) is 4.21. The minimum Gasteiger partial charge on any atom is -0.396 e. The zero-order valence-electron chi connectivity index (χ0n) is 17.3. The zero-order valence-corrected chi connectivity index (χ0v) is 18.9. The molecule has 30 heavy (non-hydrogen) atoms. The van der Waals surface area contributed by atoms with Crippen LogP contribution in [0.15, 0.2) is 35.2 Å². The van der Waals surface area contributed by atoms with Gasteiger partial charge in [-0.1, -0.05) is 60.7 Å². The minimum absolute atomic E-state index is 0.0231. The molecule has 2 fully saturated rings. The summed E-state index contributed by atoms with van der Waals surface area (Å²) in [6, 6.07) is 9.98. The molecule has 1 aromatic rings. The third-order valence-corrected chi connectivity index (χ3v) is 7.03. The molecule has 162 valence electrons. The number of thioether (sulfide) groups is 1. The summed E-state index contributed by atoms with van der Waals surface area (Å²) in [5.74, 6) is 0.176. The zero-order chi connectivity index (χ0) is 21.3. The van der Waals surface area contributed by atoms with E-state index in [4.69, 9.17) is 12.2 Å². The molecule has 0 bridgehead atoms. The number of likely N-dealkylation sites (tertiary alicyclic amines) is 1. The topological polar surface area (TPSA) is 60.9 Å². The van der Waals surface area contributed by atoms with E-state index in [9.17, 15) is 14.7 Å². The number of hydrogen-bond acceptors (Lipinski definition) is 5. The Balaban J connectivity index is 1.41. The van der Waals surface area contributed by atoms with Gasteiger partial charge in [0.2, 0.25) is 5.91 Å². The lowest BCUT2D eigenvalue weighted by Crippen LogP contribution is -2.44. The fourth-order valence-corrected chi connectivity index (χ4v) is 5.35. The fraction of sp³-hybridized carbons (Fsp3) is 0.522. The molecule has 2 heterocycles. The van der Waals surface area contributed by atoms with Gasteiger partial charge < -0.3 is 10.0 Å². The largest absolute Gasteiger partial charge is 0.396 e. The van der Waals surface area contributed by atoms with Gasteiger partial charge in [0.1, 0.15) is 4.32 Å². The summed E-state index contributed by atoms with van der Waals surface area (Å²) in [5.41, 5.74) is 0.994. The first-order valence-electron chi connectivity index (χ1n) is 10.8. The van der Waals surface area contributed by atoms with Gasteiger partial charge in [0.15, 0.2) is 0 Å². The summed E-state index contributed by atoms with van der Waals surface area (Å²) in [4.78, 5) is 29.6. The number of amides is 2. The number of aliphatic hydroxyl groups excluding tert-OH is 1. The Morgan fingerprint density at radius 2 is 2.00 bits per heavy atom. The summed E-state index contributed by atoms with van der Waals surface area (Å²) < 4.78 is 0.610. The van der Waals surface area contributed by atoms with Crippen molar-refractivity contribution in [3.8, 4) is 0 Å². The fourth-order valence-electron chi connectivity index (χ4n) is 4.04. The van der Waals surface area contributed by atoms with Gasteiger partial charge in [-0.2, -0.15) is 0 Å². The molecule has 2 aliphatic heterocycles. The normalized spacial score (nSPS) is 21.0. The van der Waals surface area contributed by atoms with E-state index < -0.39 is 0 Å². The van der Waals surface area contributed by atoms with Gasteiger partial charge in [0.05, 0.1) is 4.91 Å². The Morgan fingerprint density at radius 1 is 1.20 bits per heavy atom. The van der Waals surface area contributed by atoms with Crippen LogP contribution in [0.2, 0.25) is 0 Å². The first kappa shape index (κ1) is 23.0. The first-order chi connectivity index (χ1) is 14.6. The number of rotatable bonds is 9. The van der Waals surface area contributed by atoms with Crippen LogP contribution in [0.4, 0.5) is 0 Å². The number of aliphatic hydroxyl groups is 1. The maximum absolute atomic E-state index is 12.7. The second-order valence-electron chi connectivity index (χ2n) is 7.80. The third-order valence-electron chi connectivity index (χ3n) is 5.65. The third kappa shape index (κ3) is 6.15. The molecule has 1 aromatic carbocycles. The predicted molar refractivity (Wildman–Crippen MR) is 126 cm³/mol. The van der Waals surface area contributed by atoms with Crippen molar-refractivity contribution in [1.29, 1.82) is 0 Å². The number of benzene rings is 1. The number of hydrogen-bond donors (Lipinski definition) is 1. The van der Waals surface area contributed by atoms with E-state index in [1.54, 1.807) is 4.90 Å². The molecular formula is C23H30N2O3S2. The minimum atomic E-state index is -0.0231. The van der Waals surface area contributed by atoms with Crippen LogP contribution in [0.5, 0.6) is 0 Å². The van der Waals surface area contributed by atoms with E-state index in [1.807, 2.05) is 41.3 Å². The quantitative estimate of drug-likeness (QED) is 0.350. The van der Waals surface area contributed by atoms with Crippen LogP contribution in [0.25, 0.3) is 6.08 Å². The summed E-state index contributed by atoms with van der Waals surface area (Å²) in [6.45, 7) is 1.55. The van der Waals surface area contributed by atoms with E-state index in [2.05, 4.69) is 0 Å². The molecular weight excluding hydrogens is 416 g/mol. The van der Waals surface area contributed by atoms with Crippen LogP contribution in [-0.4, -0.2) is 56.8 Å². The van der Waals surface area contributed by atoms with Crippen molar-refractivity contribution < 1.29 is 14.7 Å². The highest BCUT2D eigenvalue weighted by molar-refractivity contribution is 8.26. The smallest absolute Gasteiger partial charge is 0.266 e. The standard InChI is InChI=1S/C23H30N2O3S2/c26-16-13-19-11-6-8-14-24(19)21(27)12-5-2-7-15-25-22(28)20(30-23(25)29)17-18-9-3-1-4-10-18/h1,3-4,9-10,17,19,26H,2,5-8,11-16H2. The first-order valence-corrected chi connectivity index (χ1v) is 12.0. The van der Waals surface area contributed by atoms with Crippen molar-refractivity contribution in [3.05, 3.63) is 40.8 Å². The van der Waals surface area contributed by atoms with Crippen molar-refractivity contribution in [3.63, 3.8) is 0 Å². The molecule has 0 aliphatic carbocycles. The number of thiocarbonyl (C=S) groups is 1. The SMILES string of the molecule is O=C1C(=Cc2ccccc2)SC(=S)N1CCCCCC(=O)N1CCCCC1CCO. The Hall–Kier alpha value is -1.70. The van der Waals surface area contributed by atoms with Crippen molar-refractivity contribution >= 4 is 46.2 Å². The lowest BCUT2D eigenvalue weighted by atomic mass is 9.99. The maximum Gasteiger partial charge on any atom is 0.266 e. The van der Waals surface area contributed by atoms with Crippen LogP contribution < -0.4 is 0 Å². The highest BCUT2D eigenvalue weighted by Gasteiger charge is 2.31. The van der Waals surface area contributed by atoms with Crippen molar-refractivity contribution in [2.24, 2.45) is 0 Å². The Morgan fingerprint density at radius 3 is 2.77 bits per heavy atom. The van der Waals surface area contributed by atoms with Gasteiger partial charge in [-0.3, -0.25) is 14.5 Å². The maximum atomic E-state index is 12.7. The van der Waals surface area contributed by atoms with Crippen molar-refractivity contribution in [1.82, 2.24) is 9.80 Å². The van der Waals surface area contributed by atoms with Gasteiger partial charge >= 0.3 is 0 Å². The molecule has 2 amide bonds. The molecule has 3 rings (SSSR count). The summed E-state index contributed by atoms with van der Waals surface area (Å²) >= 11 is 6.76. The molecule has 7 heteroatoms. The van der Waals surface area contributed by atoms with E-state index in [1.165, 1.54) is 11.8 Å². The van der Waals surface area contributed by atoms with Gasteiger partial charge in [-0.05, 0) is 50.2 Å². The van der Waals surface area contributed by atoms with E-state index >= 15 is 0 Å². The number of nitrogens with zero attached hydrogens (tertiary/aromatic N) is 2. The second kappa shape index (κ2) is 11.6. The van der Waals surface area contributed by atoms with E-state index in [0.717, 1.165) is 50.6 Å². The molecule has 1 atom stereocenters. The van der Waals surface area contributed by atoms with Crippen LogP contribution >= 0.6 is 24.0 Å². The van der Waals surface area contributed by atoms with E-state index in [0.29, 0.717) is 28.6 Å². The van der Waals surface area contributed by atoms with Gasteiger partial charge in [-0.15, -0.1) is 0 Å². The molecule has 0 spiro atoms. The average molecular weight is 447 g/mol. The molecule has 0 radical (unpaired) electrons. The number of carbonyl (C=O) groups excluding carboxylic acids is 2. The van der Waals surface area contributed by atoms with Crippen molar-refractivity contribution in [2.45, 2.75) is 57.4 Å². The lowest BCUT2D eigenvalue weighted by Gasteiger charge is -2.35. The monoisotopic (exact) mass is 446 g/mol. The van der Waals surface area contributed by atoms with Crippen molar-refractivity contribution in [2.75, 3.05) is 19.7 Å². The molecule has 0 aromatic heterocycles. The van der Waals surface area contributed by atoms with E-state index in [-0.39, 0.29) is 24.5 Å². The highest BCUT2D eigenvalue weighted by atomic mass is 32.2. The summed E-state index contributed by atoms with van der Waals surface area (Å²) in [6.07, 6.45) is 8.82. The Kier molecular flexibility index (Phi) is 8.90. The van der Waals surface area contributed by atoms with Crippen LogP contribution in [0.3, 0.4) is 0 Å². The second-order valence-corrected chi connectivity index (χ2v) is 9.48. The summed E-state index contributed by atoms with van der Waals surface area (Å²) in [5, 5.41) is 9.23. The highest BCUT2D eigenvalue weighted by Crippen LogP contribution is 2.32. The summed E-state index contributed by atoms with van der Waals surface area (Å²) in [7, 11) is 0. The van der Waals surface area contributed by atoms with Crippen LogP contribution in [-0.2, 0) is 9.59 Å². The molecule has 1 unspecified atom stereocenters. The van der Waals surface area contributed by atoms with Gasteiger partial charge in [0.25, 0.3) is 5.91 Å².